The van der Waals surface area contributed by atoms with Crippen molar-refractivity contribution >= 4 is 32.3 Å². The fourth-order valence-electron chi connectivity index (χ4n) is 6.75. The summed E-state index contributed by atoms with van der Waals surface area (Å²) in [6.45, 7) is 4.00. The molecule has 0 saturated carbocycles. The van der Waals surface area contributed by atoms with Crippen LogP contribution in [0.5, 0.6) is 0 Å². The highest BCUT2D eigenvalue weighted by Gasteiger charge is 2.25. The van der Waals surface area contributed by atoms with E-state index in [2.05, 4.69) is 170 Å². The lowest BCUT2D eigenvalue weighted by molar-refractivity contribution is 1.50. The number of hydrogen-bond acceptors (Lipinski definition) is 0. The van der Waals surface area contributed by atoms with Gasteiger partial charge in [-0.05, 0) is 76.8 Å². The van der Waals surface area contributed by atoms with Crippen LogP contribution in [0.25, 0.3) is 76.8 Å². The zero-order valence-electron chi connectivity index (χ0n) is 25.2. The first-order chi connectivity index (χ1) is 21.9. The van der Waals surface area contributed by atoms with Gasteiger partial charge in [-0.1, -0.05) is 184 Å². The van der Waals surface area contributed by atoms with Crippen LogP contribution in [0.1, 0.15) is 13.8 Å². The molecule has 0 nitrogen and oxygen atoms in total. The molecule has 0 aromatic heterocycles. The maximum Gasteiger partial charge on any atom is -0.000139 e. The minimum atomic E-state index is 1.23. The van der Waals surface area contributed by atoms with Gasteiger partial charge in [0.05, 0.1) is 0 Å². The lowest BCUT2D eigenvalue weighted by Crippen LogP contribution is -1.97. The Morgan fingerprint density at radius 2 is 0.409 bits per heavy atom. The molecule has 0 unspecified atom stereocenters. The Bertz CT molecular complexity index is 1880. The molecule has 0 aliphatic rings. The summed E-state index contributed by atoms with van der Waals surface area (Å²) in [4.78, 5) is 0. The first kappa shape index (κ1) is 27.4. The minimum Gasteiger partial charge on any atom is -0.0683 e. The molecule has 0 atom stereocenters. The average Bonchev–Trinajstić information content (AvgIpc) is 3.12. The van der Waals surface area contributed by atoms with Gasteiger partial charge in [0.25, 0.3) is 0 Å². The van der Waals surface area contributed by atoms with E-state index >= 15 is 0 Å². The summed E-state index contributed by atoms with van der Waals surface area (Å²) in [5.74, 6) is 0. The van der Waals surface area contributed by atoms with Crippen molar-refractivity contribution in [1.29, 1.82) is 0 Å². The molecule has 0 saturated heterocycles. The molecule has 8 rings (SSSR count). The molecule has 0 aliphatic heterocycles. The van der Waals surface area contributed by atoms with E-state index in [9.17, 15) is 0 Å². The zero-order chi connectivity index (χ0) is 29.9. The summed E-state index contributed by atoms with van der Waals surface area (Å²) in [5, 5.41) is 7.65. The average molecular weight is 563 g/mol. The normalized spacial score (nSPS) is 11.0. The van der Waals surface area contributed by atoms with E-state index < -0.39 is 0 Å². The molecule has 44 heavy (non-hydrogen) atoms. The summed E-state index contributed by atoms with van der Waals surface area (Å²) in [6, 6.07) is 61.7. The third-order valence-electron chi connectivity index (χ3n) is 8.43. The van der Waals surface area contributed by atoms with Gasteiger partial charge in [-0.2, -0.15) is 0 Å². The number of benzene rings is 8. The third kappa shape index (κ3) is 4.57. The molecule has 0 N–H and O–H groups in total. The highest BCUT2D eigenvalue weighted by molar-refractivity contribution is 6.33. The van der Waals surface area contributed by atoms with E-state index in [0.717, 1.165) is 0 Å². The SMILES string of the molecule is CC.c1ccc(-c2c3ccccc3c(-c3ccccc3)c3c(-c4ccccc4)c4ccccc4c(-c4ccccc4)c23)cc1. The molecule has 0 heteroatoms. The van der Waals surface area contributed by atoms with Crippen molar-refractivity contribution in [3.8, 4) is 44.5 Å². The molecule has 0 heterocycles. The summed E-state index contributed by atoms with van der Waals surface area (Å²) < 4.78 is 0. The van der Waals surface area contributed by atoms with Gasteiger partial charge in [0.15, 0.2) is 0 Å². The monoisotopic (exact) mass is 562 g/mol. The summed E-state index contributed by atoms with van der Waals surface area (Å²) in [5.41, 5.74) is 10.0. The lowest BCUT2D eigenvalue weighted by atomic mass is 9.77. The van der Waals surface area contributed by atoms with E-state index in [1.807, 2.05) is 13.8 Å². The molecule has 0 bridgehead atoms. The minimum absolute atomic E-state index is 1.23. The van der Waals surface area contributed by atoms with Crippen LogP contribution in [0.2, 0.25) is 0 Å². The molecular weight excluding hydrogens is 528 g/mol. The second-order valence-corrected chi connectivity index (χ2v) is 10.8. The van der Waals surface area contributed by atoms with E-state index in [0.29, 0.717) is 0 Å². The second-order valence-electron chi connectivity index (χ2n) is 10.8. The second kappa shape index (κ2) is 12.0. The van der Waals surface area contributed by atoms with Crippen LogP contribution in [0, 0.1) is 0 Å². The number of rotatable bonds is 4. The fraction of sp³-hybridized carbons (Fsp3) is 0.0455. The van der Waals surface area contributed by atoms with E-state index in [1.54, 1.807) is 0 Å². The zero-order valence-corrected chi connectivity index (χ0v) is 25.2. The Labute approximate surface area is 259 Å². The predicted octanol–water partition coefficient (Wildman–Crippen LogP) is 12.8. The Morgan fingerprint density at radius 1 is 0.227 bits per heavy atom. The van der Waals surface area contributed by atoms with Crippen LogP contribution < -0.4 is 0 Å². The van der Waals surface area contributed by atoms with Gasteiger partial charge in [-0.3, -0.25) is 0 Å². The molecule has 0 amide bonds. The van der Waals surface area contributed by atoms with Crippen molar-refractivity contribution in [2.45, 2.75) is 13.8 Å². The Hall–Kier alpha value is -5.46. The molecule has 0 aliphatic carbocycles. The molecule has 8 aromatic carbocycles. The highest BCUT2D eigenvalue weighted by atomic mass is 14.3. The van der Waals surface area contributed by atoms with Crippen molar-refractivity contribution in [2.24, 2.45) is 0 Å². The summed E-state index contributed by atoms with van der Waals surface area (Å²) >= 11 is 0. The van der Waals surface area contributed by atoms with Crippen LogP contribution in [-0.2, 0) is 0 Å². The molecule has 0 spiro atoms. The van der Waals surface area contributed by atoms with Crippen molar-refractivity contribution in [1.82, 2.24) is 0 Å². The molecule has 0 radical (unpaired) electrons. The smallest absolute Gasteiger partial charge is 0.000139 e. The lowest BCUT2D eigenvalue weighted by Gasteiger charge is -2.25. The van der Waals surface area contributed by atoms with Gasteiger partial charge >= 0.3 is 0 Å². The quantitative estimate of drug-likeness (QED) is 0.187. The van der Waals surface area contributed by atoms with Gasteiger partial charge in [0.2, 0.25) is 0 Å². The van der Waals surface area contributed by atoms with Crippen LogP contribution >= 0.6 is 0 Å². The van der Waals surface area contributed by atoms with Crippen molar-refractivity contribution in [2.75, 3.05) is 0 Å². The van der Waals surface area contributed by atoms with E-state index in [1.165, 1.54) is 76.8 Å². The van der Waals surface area contributed by atoms with Crippen LogP contribution in [0.15, 0.2) is 170 Å². The van der Waals surface area contributed by atoms with Gasteiger partial charge in [-0.15, -0.1) is 0 Å². The van der Waals surface area contributed by atoms with Crippen LogP contribution in [-0.4, -0.2) is 0 Å². The topological polar surface area (TPSA) is 0 Å². The summed E-state index contributed by atoms with van der Waals surface area (Å²) in [7, 11) is 0. The third-order valence-corrected chi connectivity index (χ3v) is 8.43. The molecule has 8 aromatic rings. The molecule has 0 fully saturated rings. The Morgan fingerprint density at radius 3 is 0.614 bits per heavy atom. The van der Waals surface area contributed by atoms with Crippen LogP contribution in [0.3, 0.4) is 0 Å². The largest absolute Gasteiger partial charge is 0.0683 e. The first-order valence-corrected chi connectivity index (χ1v) is 15.5. The van der Waals surface area contributed by atoms with Gasteiger partial charge < -0.3 is 0 Å². The first-order valence-electron chi connectivity index (χ1n) is 15.5. The van der Waals surface area contributed by atoms with Crippen LogP contribution in [0.4, 0.5) is 0 Å². The number of fused-ring (bicyclic) bond motifs is 3. The van der Waals surface area contributed by atoms with E-state index in [-0.39, 0.29) is 0 Å². The van der Waals surface area contributed by atoms with Crippen molar-refractivity contribution in [3.63, 3.8) is 0 Å². The standard InChI is InChI=1S/C42H28.C2H6/c1-5-17-29(18-6-1)37-33-25-13-14-26-34(33)39(31-21-9-3-10-22-31)42-40(32-23-11-4-12-24-32)36-28-16-15-27-35(36)38(41(37)42)30-19-7-2-8-20-30;1-2/h1-28H;1-2H3. The Kier molecular flexibility index (Phi) is 7.49. The Balaban J connectivity index is 0.00000153. The van der Waals surface area contributed by atoms with E-state index in [4.69, 9.17) is 0 Å². The predicted molar refractivity (Wildman–Crippen MR) is 192 cm³/mol. The maximum atomic E-state index is 2.30. The molecular formula is C44H34. The van der Waals surface area contributed by atoms with Gasteiger partial charge in [-0.25, -0.2) is 0 Å². The summed E-state index contributed by atoms with van der Waals surface area (Å²) in [6.07, 6.45) is 0. The van der Waals surface area contributed by atoms with Gasteiger partial charge in [0.1, 0.15) is 0 Å². The highest BCUT2D eigenvalue weighted by Crippen LogP contribution is 2.53. The van der Waals surface area contributed by atoms with Crippen molar-refractivity contribution < 1.29 is 0 Å². The van der Waals surface area contributed by atoms with Gasteiger partial charge in [0, 0.05) is 0 Å². The number of hydrogen-bond donors (Lipinski definition) is 0. The molecule has 210 valence electrons. The van der Waals surface area contributed by atoms with Crippen molar-refractivity contribution in [3.05, 3.63) is 170 Å². The fourth-order valence-corrected chi connectivity index (χ4v) is 6.75. The maximum absolute atomic E-state index is 2.30.